The maximum Gasteiger partial charge on any atom is 0.173 e. The Morgan fingerprint density at radius 1 is 1.00 bits per heavy atom. The molecule has 4 aromatic rings. The Kier molecular flexibility index (Phi) is 11.2. The van der Waals surface area contributed by atoms with Crippen molar-refractivity contribution in [2.45, 2.75) is 30.2 Å². The van der Waals surface area contributed by atoms with Crippen molar-refractivity contribution in [2.75, 3.05) is 46.7 Å². The number of rotatable bonds is 11. The number of nitrogens with one attached hydrogen (secondary N) is 1. The summed E-state index contributed by atoms with van der Waals surface area (Å²) in [4.78, 5) is 4.72. The molecule has 5 nitrogen and oxygen atoms in total. The quantitative estimate of drug-likeness (QED) is 0.178. The standard InChI is InChI=1S/C31H35Cl2F2N4OS.ClH/c1-31(2,20-7-12-25(32)28(15-20)40-6)29-18-37-30(38(29)23-10-8-21(34)9-11-23)41-19-24-26(33)16-22(17-27(24)35)36-13-14-39(3,4)5;/h7-12,15-18,36H,13-14,19H2,1-6H3;1H/q+1;/p-1. The first-order chi connectivity index (χ1) is 19.3. The van der Waals surface area contributed by atoms with Crippen LogP contribution in [0.5, 0.6) is 5.75 Å². The summed E-state index contributed by atoms with van der Waals surface area (Å²) in [6, 6.07) is 15.1. The molecule has 226 valence electrons. The summed E-state index contributed by atoms with van der Waals surface area (Å²) in [5.74, 6) is 0.110. The summed E-state index contributed by atoms with van der Waals surface area (Å²) < 4.78 is 37.3. The van der Waals surface area contributed by atoms with Gasteiger partial charge >= 0.3 is 0 Å². The molecule has 0 bridgehead atoms. The number of thioether (sulfide) groups is 1. The van der Waals surface area contributed by atoms with Gasteiger partial charge in [-0.25, -0.2) is 13.8 Å². The number of ether oxygens (including phenoxy) is 1. The molecular weight excluding hydrogens is 621 g/mol. The lowest BCUT2D eigenvalue weighted by Crippen LogP contribution is -3.00. The average Bonchev–Trinajstić information content (AvgIpc) is 3.33. The predicted octanol–water partition coefficient (Wildman–Crippen LogP) is 5.21. The van der Waals surface area contributed by atoms with Crippen LogP contribution in [0.15, 0.2) is 66.0 Å². The zero-order valence-electron chi connectivity index (χ0n) is 24.4. The number of benzene rings is 3. The highest BCUT2D eigenvalue weighted by molar-refractivity contribution is 7.98. The third-order valence-corrected chi connectivity index (χ3v) is 8.55. The first-order valence-corrected chi connectivity index (χ1v) is 14.9. The monoisotopic (exact) mass is 654 g/mol. The zero-order chi connectivity index (χ0) is 29.9. The van der Waals surface area contributed by atoms with E-state index in [1.807, 2.05) is 16.7 Å². The molecule has 0 atom stereocenters. The van der Waals surface area contributed by atoms with Crippen molar-refractivity contribution in [2.24, 2.45) is 0 Å². The van der Waals surface area contributed by atoms with Crippen molar-refractivity contribution in [3.05, 3.63) is 99.3 Å². The van der Waals surface area contributed by atoms with E-state index in [2.05, 4.69) is 40.3 Å². The summed E-state index contributed by atoms with van der Waals surface area (Å²) in [6.45, 7) is 5.72. The average molecular weight is 656 g/mol. The lowest BCUT2D eigenvalue weighted by Gasteiger charge is -2.28. The molecule has 3 aromatic carbocycles. The van der Waals surface area contributed by atoms with Crippen LogP contribution >= 0.6 is 35.0 Å². The second-order valence-electron chi connectivity index (χ2n) is 11.4. The third-order valence-electron chi connectivity index (χ3n) is 6.93. The summed E-state index contributed by atoms with van der Waals surface area (Å²) in [5, 5.41) is 4.74. The van der Waals surface area contributed by atoms with Crippen LogP contribution in [0.3, 0.4) is 0 Å². The summed E-state index contributed by atoms with van der Waals surface area (Å²) in [6.07, 6.45) is 1.80. The molecule has 0 aliphatic rings. The van der Waals surface area contributed by atoms with Gasteiger partial charge in [0.05, 0.1) is 58.3 Å². The molecule has 1 heterocycles. The van der Waals surface area contributed by atoms with E-state index >= 15 is 4.39 Å². The number of imidazole rings is 1. The van der Waals surface area contributed by atoms with Crippen molar-refractivity contribution in [1.29, 1.82) is 0 Å². The topological polar surface area (TPSA) is 39.1 Å². The third kappa shape index (κ3) is 7.91. The van der Waals surface area contributed by atoms with Gasteiger partial charge in [-0.15, -0.1) is 0 Å². The fraction of sp³-hybridized carbons (Fsp3) is 0.323. The maximum atomic E-state index is 15.2. The fourth-order valence-corrected chi connectivity index (χ4v) is 6.00. The van der Waals surface area contributed by atoms with Gasteiger partial charge < -0.3 is 26.9 Å². The highest BCUT2D eigenvalue weighted by atomic mass is 35.5. The zero-order valence-corrected chi connectivity index (χ0v) is 27.5. The van der Waals surface area contributed by atoms with Crippen molar-refractivity contribution in [3.63, 3.8) is 0 Å². The van der Waals surface area contributed by atoms with Crippen LogP contribution in [0.2, 0.25) is 10.0 Å². The number of anilines is 1. The fourth-order valence-electron chi connectivity index (χ4n) is 4.43. The number of nitrogens with zero attached hydrogens (tertiary/aromatic N) is 3. The minimum absolute atomic E-state index is 0. The van der Waals surface area contributed by atoms with E-state index in [0.717, 1.165) is 28.0 Å². The van der Waals surface area contributed by atoms with E-state index in [4.69, 9.17) is 32.9 Å². The van der Waals surface area contributed by atoms with E-state index in [9.17, 15) is 4.39 Å². The highest BCUT2D eigenvalue weighted by Crippen LogP contribution is 2.40. The van der Waals surface area contributed by atoms with Gasteiger partial charge in [-0.3, -0.25) is 4.57 Å². The van der Waals surface area contributed by atoms with E-state index in [-0.39, 0.29) is 29.8 Å². The van der Waals surface area contributed by atoms with E-state index in [1.165, 1.54) is 30.0 Å². The first-order valence-electron chi connectivity index (χ1n) is 13.1. The van der Waals surface area contributed by atoms with Crippen LogP contribution in [0.25, 0.3) is 5.69 Å². The van der Waals surface area contributed by atoms with Crippen molar-refractivity contribution >= 4 is 40.7 Å². The van der Waals surface area contributed by atoms with Crippen LogP contribution in [0.1, 0.15) is 30.7 Å². The summed E-state index contributed by atoms with van der Waals surface area (Å²) >= 11 is 14.2. The summed E-state index contributed by atoms with van der Waals surface area (Å²) in [7, 11) is 7.88. The number of hydrogen-bond donors (Lipinski definition) is 1. The number of halogens is 5. The summed E-state index contributed by atoms with van der Waals surface area (Å²) in [5.41, 5.74) is 3.05. The van der Waals surface area contributed by atoms with Gasteiger partial charge in [0.25, 0.3) is 0 Å². The van der Waals surface area contributed by atoms with E-state index < -0.39 is 5.41 Å². The van der Waals surface area contributed by atoms with Crippen LogP contribution in [-0.4, -0.2) is 55.4 Å². The van der Waals surface area contributed by atoms with Gasteiger partial charge in [0.2, 0.25) is 0 Å². The van der Waals surface area contributed by atoms with Gasteiger partial charge in [0, 0.05) is 33.1 Å². The second kappa shape index (κ2) is 13.9. The molecule has 42 heavy (non-hydrogen) atoms. The molecule has 0 fully saturated rings. The molecule has 1 N–H and O–H groups in total. The Balaban J connectivity index is 0.00000484. The second-order valence-corrected chi connectivity index (χ2v) is 13.1. The largest absolute Gasteiger partial charge is 1.00 e. The molecule has 0 saturated carbocycles. The van der Waals surface area contributed by atoms with Crippen molar-refractivity contribution < 1.29 is 30.4 Å². The Morgan fingerprint density at radius 3 is 2.31 bits per heavy atom. The molecule has 0 saturated heterocycles. The molecule has 0 spiro atoms. The maximum absolute atomic E-state index is 15.2. The van der Waals surface area contributed by atoms with Gasteiger partial charge in [-0.2, -0.15) is 0 Å². The minimum atomic E-state index is -0.542. The Bertz CT molecular complexity index is 1500. The van der Waals surface area contributed by atoms with Gasteiger partial charge in [0.1, 0.15) is 17.4 Å². The lowest BCUT2D eigenvalue weighted by atomic mass is 9.81. The molecule has 0 radical (unpaired) electrons. The van der Waals surface area contributed by atoms with E-state index in [0.29, 0.717) is 38.7 Å². The Morgan fingerprint density at radius 2 is 1.69 bits per heavy atom. The number of quaternary nitrogens is 1. The SMILES string of the molecule is COc1cc(C(C)(C)c2cnc(SCc3c(F)cc(NCC[N+](C)(C)C)cc3Cl)n2-c2ccc(F)cc2)ccc1Cl.[Cl-]. The number of hydrogen-bond acceptors (Lipinski definition) is 4. The molecule has 0 unspecified atom stereocenters. The van der Waals surface area contributed by atoms with Gasteiger partial charge in [-0.1, -0.05) is 54.9 Å². The Hall–Kier alpha value is -2.49. The number of methoxy groups -OCH3 is 1. The lowest BCUT2D eigenvalue weighted by molar-refractivity contribution is -0.868. The predicted molar refractivity (Wildman–Crippen MR) is 166 cm³/mol. The highest BCUT2D eigenvalue weighted by Gasteiger charge is 2.30. The Labute approximate surface area is 267 Å². The molecule has 11 heteroatoms. The van der Waals surface area contributed by atoms with Crippen LogP contribution < -0.4 is 22.5 Å². The number of aromatic nitrogens is 2. The van der Waals surface area contributed by atoms with Crippen LogP contribution in [-0.2, 0) is 11.2 Å². The smallest absolute Gasteiger partial charge is 0.173 e. The van der Waals surface area contributed by atoms with Crippen LogP contribution in [0, 0.1) is 11.6 Å². The van der Waals surface area contributed by atoms with Crippen LogP contribution in [0.4, 0.5) is 14.5 Å². The molecule has 0 aliphatic carbocycles. The molecule has 4 rings (SSSR count). The molecule has 0 amide bonds. The van der Waals surface area contributed by atoms with Crippen molar-refractivity contribution in [3.8, 4) is 11.4 Å². The number of likely N-dealkylation sites (N-methyl/N-ethyl adjacent to an activating group) is 1. The van der Waals surface area contributed by atoms with Gasteiger partial charge in [-0.05, 0) is 54.1 Å². The van der Waals surface area contributed by atoms with Crippen molar-refractivity contribution in [1.82, 2.24) is 9.55 Å². The normalized spacial score (nSPS) is 11.8. The minimum Gasteiger partial charge on any atom is -1.00 e. The molecule has 1 aromatic heterocycles. The molecular formula is C31H35Cl3F2N4OS. The first kappa shape index (κ1) is 34.0. The molecule has 0 aliphatic heterocycles. The van der Waals surface area contributed by atoms with Gasteiger partial charge in [0.15, 0.2) is 5.16 Å². The van der Waals surface area contributed by atoms with E-state index in [1.54, 1.807) is 37.6 Å².